The molecule has 0 aliphatic heterocycles. The molecule has 1 aromatic rings. The highest BCUT2D eigenvalue weighted by Gasteiger charge is 2.18. The van der Waals surface area contributed by atoms with Crippen LogP contribution < -0.4 is 10.9 Å². The zero-order valence-corrected chi connectivity index (χ0v) is 11.9. The molecule has 88 valence electrons. The average molecular weight is 334 g/mol. The number of H-pyrrole nitrogens is 1. The number of hydrogen-bond acceptors (Lipinski definition) is 2. The molecule has 0 spiro atoms. The molecule has 5 heteroatoms. The Hall–Kier alpha value is -0.850. The first-order valence-electron chi connectivity index (χ1n) is 4.92. The van der Waals surface area contributed by atoms with Crippen molar-refractivity contribution in [3.8, 4) is 0 Å². The number of hydrogen-bond donors (Lipinski definition) is 2. The number of carbonyl (C=O) groups excluding carboxylic acids is 1. The van der Waals surface area contributed by atoms with Crippen LogP contribution in [0.25, 0.3) is 0 Å². The highest BCUT2D eigenvalue weighted by Crippen LogP contribution is 2.09. The van der Waals surface area contributed by atoms with Gasteiger partial charge in [0.15, 0.2) is 0 Å². The Morgan fingerprint density at radius 2 is 2.00 bits per heavy atom. The van der Waals surface area contributed by atoms with E-state index >= 15 is 0 Å². The van der Waals surface area contributed by atoms with E-state index in [9.17, 15) is 9.59 Å². The lowest BCUT2D eigenvalue weighted by Gasteiger charge is -2.20. The Kier molecular flexibility index (Phi) is 3.77. The topological polar surface area (TPSA) is 62.0 Å². The first-order chi connectivity index (χ1) is 7.20. The number of carbonyl (C=O) groups is 1. The van der Waals surface area contributed by atoms with Crippen molar-refractivity contribution in [2.45, 2.75) is 33.2 Å². The van der Waals surface area contributed by atoms with Crippen LogP contribution in [0.2, 0.25) is 0 Å². The van der Waals surface area contributed by atoms with Crippen LogP contribution in [-0.2, 0) is 0 Å². The molecule has 1 heterocycles. The fourth-order valence-electron chi connectivity index (χ4n) is 1.17. The molecular weight excluding hydrogens is 319 g/mol. The summed E-state index contributed by atoms with van der Waals surface area (Å²) >= 11 is 2.09. The van der Waals surface area contributed by atoms with Gasteiger partial charge in [0.1, 0.15) is 5.56 Å². The highest BCUT2D eigenvalue weighted by atomic mass is 127. The van der Waals surface area contributed by atoms with Gasteiger partial charge in [-0.1, -0.05) is 0 Å². The Morgan fingerprint density at radius 3 is 2.50 bits per heavy atom. The first kappa shape index (κ1) is 13.2. The zero-order valence-electron chi connectivity index (χ0n) is 9.77. The van der Waals surface area contributed by atoms with Crippen molar-refractivity contribution in [1.82, 2.24) is 10.3 Å². The van der Waals surface area contributed by atoms with Crippen LogP contribution in [0, 0.1) is 10.5 Å². The molecule has 4 nitrogen and oxygen atoms in total. The van der Waals surface area contributed by atoms with Crippen LogP contribution in [0.4, 0.5) is 0 Å². The molecule has 0 saturated carbocycles. The SMILES string of the molecule is Cc1[nH]c(=O)c(C(=O)NC(C)(C)C)cc1I. The Balaban J connectivity index is 3.10. The molecule has 0 saturated heterocycles. The van der Waals surface area contributed by atoms with Gasteiger partial charge >= 0.3 is 0 Å². The minimum Gasteiger partial charge on any atom is -0.347 e. The number of pyridine rings is 1. The molecule has 0 aliphatic rings. The molecule has 0 unspecified atom stereocenters. The predicted octanol–water partition coefficient (Wildman–Crippen LogP) is 1.82. The molecule has 16 heavy (non-hydrogen) atoms. The van der Waals surface area contributed by atoms with E-state index in [2.05, 4.69) is 32.9 Å². The van der Waals surface area contributed by atoms with E-state index in [0.29, 0.717) is 0 Å². The van der Waals surface area contributed by atoms with Crippen molar-refractivity contribution in [2.75, 3.05) is 0 Å². The number of rotatable bonds is 1. The number of nitrogens with one attached hydrogen (secondary N) is 2. The second kappa shape index (κ2) is 4.57. The Bertz CT molecular complexity index is 472. The fourth-order valence-corrected chi connectivity index (χ4v) is 1.62. The van der Waals surface area contributed by atoms with Crippen molar-refractivity contribution < 1.29 is 4.79 Å². The quantitative estimate of drug-likeness (QED) is 0.770. The minimum atomic E-state index is -0.348. The van der Waals surface area contributed by atoms with Gasteiger partial charge in [-0.3, -0.25) is 9.59 Å². The summed E-state index contributed by atoms with van der Waals surface area (Å²) in [5.74, 6) is -0.341. The standard InChI is InChI=1S/C11H15IN2O2/c1-6-8(12)5-7(9(15)13-6)10(16)14-11(2,3)4/h5H,1-4H3,(H,13,15)(H,14,16). The van der Waals surface area contributed by atoms with E-state index in [4.69, 9.17) is 0 Å². The molecule has 1 aromatic heterocycles. The van der Waals surface area contributed by atoms with Gasteiger partial charge < -0.3 is 10.3 Å². The normalized spacial score (nSPS) is 11.3. The van der Waals surface area contributed by atoms with Gasteiger partial charge in [0.2, 0.25) is 0 Å². The maximum atomic E-state index is 11.8. The lowest BCUT2D eigenvalue weighted by molar-refractivity contribution is 0.0918. The molecule has 1 rings (SSSR count). The van der Waals surface area contributed by atoms with Gasteiger partial charge in [-0.25, -0.2) is 0 Å². The van der Waals surface area contributed by atoms with Crippen LogP contribution >= 0.6 is 22.6 Å². The van der Waals surface area contributed by atoms with Crippen molar-refractivity contribution in [1.29, 1.82) is 0 Å². The monoisotopic (exact) mass is 334 g/mol. The number of aromatic amines is 1. The lowest BCUT2D eigenvalue weighted by Crippen LogP contribution is -2.42. The summed E-state index contributed by atoms with van der Waals surface area (Å²) in [4.78, 5) is 26.1. The third-order valence-corrected chi connectivity index (χ3v) is 3.03. The summed E-state index contributed by atoms with van der Waals surface area (Å²) in [5.41, 5.74) is 0.238. The lowest BCUT2D eigenvalue weighted by atomic mass is 10.1. The Labute approximate surface area is 108 Å². The second-order valence-corrected chi connectivity index (χ2v) is 5.85. The van der Waals surface area contributed by atoms with E-state index in [0.717, 1.165) is 9.26 Å². The number of amides is 1. The van der Waals surface area contributed by atoms with E-state index in [1.807, 2.05) is 20.8 Å². The first-order valence-corrected chi connectivity index (χ1v) is 6.00. The summed E-state index contributed by atoms with van der Waals surface area (Å²) in [6.07, 6.45) is 0. The van der Waals surface area contributed by atoms with Gasteiger partial charge in [0.25, 0.3) is 11.5 Å². The van der Waals surface area contributed by atoms with E-state index in [1.54, 1.807) is 13.0 Å². The van der Waals surface area contributed by atoms with Crippen LogP contribution in [0.15, 0.2) is 10.9 Å². The largest absolute Gasteiger partial charge is 0.347 e. The van der Waals surface area contributed by atoms with E-state index < -0.39 is 0 Å². The average Bonchev–Trinajstić information content (AvgIpc) is 2.08. The van der Waals surface area contributed by atoms with Gasteiger partial charge in [-0.05, 0) is 56.4 Å². The summed E-state index contributed by atoms with van der Waals surface area (Å²) in [6, 6.07) is 1.61. The molecule has 0 atom stereocenters. The second-order valence-electron chi connectivity index (χ2n) is 4.69. The van der Waals surface area contributed by atoms with Gasteiger partial charge in [0.05, 0.1) is 0 Å². The molecule has 2 N–H and O–H groups in total. The van der Waals surface area contributed by atoms with Crippen LogP contribution in [-0.4, -0.2) is 16.4 Å². The number of halogens is 1. The third kappa shape index (κ3) is 3.33. The molecular formula is C11H15IN2O2. The zero-order chi connectivity index (χ0) is 12.5. The maximum Gasteiger partial charge on any atom is 0.261 e. The molecule has 0 bridgehead atoms. The van der Waals surface area contributed by atoms with E-state index in [1.165, 1.54) is 0 Å². The molecule has 0 radical (unpaired) electrons. The summed E-state index contributed by atoms with van der Waals surface area (Å²) in [5, 5.41) is 2.76. The summed E-state index contributed by atoms with van der Waals surface area (Å²) < 4.78 is 0.872. The smallest absolute Gasteiger partial charge is 0.261 e. The third-order valence-electron chi connectivity index (χ3n) is 1.91. The van der Waals surface area contributed by atoms with Gasteiger partial charge in [-0.2, -0.15) is 0 Å². The highest BCUT2D eigenvalue weighted by molar-refractivity contribution is 14.1. The number of aromatic nitrogens is 1. The number of aryl methyl sites for hydroxylation is 1. The molecule has 1 amide bonds. The predicted molar refractivity (Wildman–Crippen MR) is 71.7 cm³/mol. The maximum absolute atomic E-state index is 11.8. The van der Waals surface area contributed by atoms with Gasteiger partial charge in [-0.15, -0.1) is 0 Å². The van der Waals surface area contributed by atoms with Crippen molar-refractivity contribution in [3.63, 3.8) is 0 Å². The molecule has 0 fully saturated rings. The molecule has 0 aromatic carbocycles. The van der Waals surface area contributed by atoms with E-state index in [-0.39, 0.29) is 22.6 Å². The van der Waals surface area contributed by atoms with Crippen molar-refractivity contribution in [3.05, 3.63) is 31.2 Å². The fraction of sp³-hybridized carbons (Fsp3) is 0.455. The minimum absolute atomic E-state index is 0.157. The Morgan fingerprint density at radius 1 is 1.44 bits per heavy atom. The van der Waals surface area contributed by atoms with Crippen LogP contribution in [0.3, 0.4) is 0 Å². The van der Waals surface area contributed by atoms with Gasteiger partial charge in [0, 0.05) is 14.8 Å². The van der Waals surface area contributed by atoms with Crippen molar-refractivity contribution >= 4 is 28.5 Å². The van der Waals surface area contributed by atoms with Crippen LogP contribution in [0.1, 0.15) is 36.8 Å². The van der Waals surface area contributed by atoms with Crippen LogP contribution in [0.5, 0.6) is 0 Å². The summed E-state index contributed by atoms with van der Waals surface area (Å²) in [6.45, 7) is 7.42. The summed E-state index contributed by atoms with van der Waals surface area (Å²) in [7, 11) is 0. The molecule has 0 aliphatic carbocycles. The van der Waals surface area contributed by atoms with Crippen molar-refractivity contribution in [2.24, 2.45) is 0 Å².